The predicted molar refractivity (Wildman–Crippen MR) is 61.9 cm³/mol. The number of hydrogen-bond donors (Lipinski definition) is 1. The van der Waals surface area contributed by atoms with Crippen LogP contribution < -0.4 is 10.5 Å². The summed E-state index contributed by atoms with van der Waals surface area (Å²) < 4.78 is 5.49. The topological polar surface area (TPSA) is 48.1 Å². The molecular weight excluding hydrogens is 188 g/mol. The number of nitrogens with two attached hydrogens (primary N) is 1. The Labute approximate surface area is 91.7 Å². The summed E-state index contributed by atoms with van der Waals surface area (Å²) in [6, 6.07) is 3.88. The highest BCUT2D eigenvalue weighted by Gasteiger charge is 2.00. The highest BCUT2D eigenvalue weighted by atomic mass is 16.5. The van der Waals surface area contributed by atoms with E-state index in [-0.39, 0.29) is 6.04 Å². The Bertz CT molecular complexity index is 269. The number of unbranched alkanes of at least 4 members (excludes halogenated alkanes) is 2. The first-order chi connectivity index (χ1) is 7.24. The molecule has 0 radical (unpaired) electrons. The van der Waals surface area contributed by atoms with Gasteiger partial charge in [0.25, 0.3) is 0 Å². The molecule has 0 aromatic carbocycles. The monoisotopic (exact) mass is 208 g/mol. The van der Waals surface area contributed by atoms with Crippen LogP contribution in [-0.2, 0) is 0 Å². The molecule has 1 heterocycles. The number of rotatable bonds is 6. The Hall–Kier alpha value is -1.09. The summed E-state index contributed by atoms with van der Waals surface area (Å²) in [4.78, 5) is 4.20. The summed E-state index contributed by atoms with van der Waals surface area (Å²) in [6.07, 6.45) is 5.28. The number of aromatic nitrogens is 1. The summed E-state index contributed by atoms with van der Waals surface area (Å²) in [5, 5.41) is 0. The van der Waals surface area contributed by atoms with Crippen molar-refractivity contribution in [1.82, 2.24) is 4.98 Å². The van der Waals surface area contributed by atoms with Crippen LogP contribution in [-0.4, -0.2) is 11.6 Å². The first kappa shape index (κ1) is 12.0. The van der Waals surface area contributed by atoms with Crippen molar-refractivity contribution >= 4 is 0 Å². The average Bonchev–Trinajstić information content (AvgIpc) is 2.25. The number of pyridine rings is 1. The van der Waals surface area contributed by atoms with Gasteiger partial charge in [-0.25, -0.2) is 4.98 Å². The highest BCUT2D eigenvalue weighted by molar-refractivity contribution is 5.19. The van der Waals surface area contributed by atoms with E-state index in [4.69, 9.17) is 10.5 Å². The van der Waals surface area contributed by atoms with Crippen LogP contribution in [0.1, 0.15) is 44.7 Å². The van der Waals surface area contributed by atoms with Crippen LogP contribution in [0.15, 0.2) is 18.3 Å². The van der Waals surface area contributed by atoms with Gasteiger partial charge in [0.15, 0.2) is 0 Å². The molecule has 0 saturated heterocycles. The van der Waals surface area contributed by atoms with Crippen molar-refractivity contribution in [3.8, 4) is 5.88 Å². The first-order valence-electron chi connectivity index (χ1n) is 5.58. The van der Waals surface area contributed by atoms with Crippen molar-refractivity contribution in [3.63, 3.8) is 0 Å². The van der Waals surface area contributed by atoms with Crippen molar-refractivity contribution in [2.45, 2.75) is 39.2 Å². The lowest BCUT2D eigenvalue weighted by molar-refractivity contribution is 0.295. The second-order valence-electron chi connectivity index (χ2n) is 3.77. The lowest BCUT2D eigenvalue weighted by Crippen LogP contribution is -2.06. The number of nitrogens with zero attached hydrogens (tertiary/aromatic N) is 1. The van der Waals surface area contributed by atoms with Crippen molar-refractivity contribution in [1.29, 1.82) is 0 Å². The molecule has 1 atom stereocenters. The zero-order valence-electron chi connectivity index (χ0n) is 9.57. The molecule has 84 valence electrons. The maximum Gasteiger partial charge on any atom is 0.213 e. The van der Waals surface area contributed by atoms with Gasteiger partial charge in [-0.15, -0.1) is 0 Å². The summed E-state index contributed by atoms with van der Waals surface area (Å²) in [6.45, 7) is 4.87. The standard InChI is InChI=1S/C12H20N2O/c1-3-4-5-8-15-12-7-6-11(9-14-12)10(2)13/h6-7,9-10H,3-5,8,13H2,1-2H3. The molecule has 1 aromatic rings. The second-order valence-corrected chi connectivity index (χ2v) is 3.77. The van der Waals surface area contributed by atoms with E-state index in [1.165, 1.54) is 12.8 Å². The van der Waals surface area contributed by atoms with Crippen LogP contribution in [0, 0.1) is 0 Å². The lowest BCUT2D eigenvalue weighted by atomic mass is 10.2. The van der Waals surface area contributed by atoms with Crippen LogP contribution in [0.4, 0.5) is 0 Å². The Kier molecular flexibility index (Phi) is 5.12. The van der Waals surface area contributed by atoms with Crippen LogP contribution in [0.3, 0.4) is 0 Å². The number of ether oxygens (including phenoxy) is 1. The maximum atomic E-state index is 5.72. The third-order valence-electron chi connectivity index (χ3n) is 2.28. The van der Waals surface area contributed by atoms with Crippen LogP contribution in [0.5, 0.6) is 5.88 Å². The molecule has 0 aliphatic rings. The molecule has 1 aromatic heterocycles. The fourth-order valence-corrected chi connectivity index (χ4v) is 1.28. The van der Waals surface area contributed by atoms with E-state index < -0.39 is 0 Å². The SMILES string of the molecule is CCCCCOc1ccc(C(C)N)cn1. The maximum absolute atomic E-state index is 5.72. The fourth-order valence-electron chi connectivity index (χ4n) is 1.28. The quantitative estimate of drug-likeness (QED) is 0.731. The van der Waals surface area contributed by atoms with Gasteiger partial charge in [-0.05, 0) is 18.9 Å². The normalized spacial score (nSPS) is 12.5. The van der Waals surface area contributed by atoms with Gasteiger partial charge in [0.1, 0.15) is 0 Å². The molecule has 0 aliphatic heterocycles. The van der Waals surface area contributed by atoms with E-state index in [1.54, 1.807) is 6.20 Å². The summed E-state index contributed by atoms with van der Waals surface area (Å²) >= 11 is 0. The average molecular weight is 208 g/mol. The minimum Gasteiger partial charge on any atom is -0.478 e. The molecule has 0 fully saturated rings. The minimum absolute atomic E-state index is 0.0339. The molecule has 15 heavy (non-hydrogen) atoms. The van der Waals surface area contributed by atoms with Gasteiger partial charge < -0.3 is 10.5 Å². The third kappa shape index (κ3) is 4.30. The highest BCUT2D eigenvalue weighted by Crippen LogP contribution is 2.12. The molecule has 1 unspecified atom stereocenters. The Morgan fingerprint density at radius 1 is 1.40 bits per heavy atom. The Morgan fingerprint density at radius 3 is 2.73 bits per heavy atom. The third-order valence-corrected chi connectivity index (χ3v) is 2.28. The van der Waals surface area contributed by atoms with Gasteiger partial charge in [0.2, 0.25) is 5.88 Å². The fraction of sp³-hybridized carbons (Fsp3) is 0.583. The molecule has 0 amide bonds. The van der Waals surface area contributed by atoms with Crippen LogP contribution in [0.2, 0.25) is 0 Å². The molecule has 3 nitrogen and oxygen atoms in total. The van der Waals surface area contributed by atoms with Crippen molar-refractivity contribution < 1.29 is 4.74 Å². The largest absolute Gasteiger partial charge is 0.478 e. The predicted octanol–water partition coefficient (Wildman–Crippen LogP) is 2.67. The van der Waals surface area contributed by atoms with Gasteiger partial charge in [0, 0.05) is 18.3 Å². The Morgan fingerprint density at radius 2 is 2.20 bits per heavy atom. The van der Waals surface area contributed by atoms with Crippen LogP contribution in [0.25, 0.3) is 0 Å². The van der Waals surface area contributed by atoms with Gasteiger partial charge in [0.05, 0.1) is 6.61 Å². The molecular formula is C12H20N2O. The van der Waals surface area contributed by atoms with E-state index >= 15 is 0 Å². The molecule has 0 saturated carbocycles. The summed E-state index contributed by atoms with van der Waals surface area (Å²) in [5.74, 6) is 0.690. The van der Waals surface area contributed by atoms with Crippen LogP contribution >= 0.6 is 0 Å². The lowest BCUT2D eigenvalue weighted by Gasteiger charge is -2.07. The molecule has 1 rings (SSSR count). The zero-order valence-corrected chi connectivity index (χ0v) is 9.57. The van der Waals surface area contributed by atoms with Gasteiger partial charge >= 0.3 is 0 Å². The molecule has 2 N–H and O–H groups in total. The smallest absolute Gasteiger partial charge is 0.213 e. The van der Waals surface area contributed by atoms with E-state index in [0.29, 0.717) is 5.88 Å². The Balaban J connectivity index is 2.36. The van der Waals surface area contributed by atoms with E-state index in [0.717, 1.165) is 18.6 Å². The van der Waals surface area contributed by atoms with Crippen molar-refractivity contribution in [3.05, 3.63) is 23.9 Å². The second kappa shape index (κ2) is 6.40. The number of hydrogen-bond acceptors (Lipinski definition) is 3. The van der Waals surface area contributed by atoms with Crippen molar-refractivity contribution in [2.75, 3.05) is 6.61 Å². The van der Waals surface area contributed by atoms with E-state index in [2.05, 4.69) is 11.9 Å². The molecule has 3 heteroatoms. The van der Waals surface area contributed by atoms with Crippen molar-refractivity contribution in [2.24, 2.45) is 5.73 Å². The van der Waals surface area contributed by atoms with Gasteiger partial charge in [-0.3, -0.25) is 0 Å². The van der Waals surface area contributed by atoms with Gasteiger partial charge in [-0.1, -0.05) is 25.8 Å². The molecule has 0 spiro atoms. The molecule has 0 bridgehead atoms. The van der Waals surface area contributed by atoms with E-state index in [1.807, 2.05) is 19.1 Å². The summed E-state index contributed by atoms with van der Waals surface area (Å²) in [7, 11) is 0. The zero-order chi connectivity index (χ0) is 11.1. The summed E-state index contributed by atoms with van der Waals surface area (Å²) in [5.41, 5.74) is 6.76. The first-order valence-corrected chi connectivity index (χ1v) is 5.58. The minimum atomic E-state index is 0.0339. The molecule has 0 aliphatic carbocycles. The van der Waals surface area contributed by atoms with E-state index in [9.17, 15) is 0 Å². The van der Waals surface area contributed by atoms with Gasteiger partial charge in [-0.2, -0.15) is 0 Å².